The second-order valence-corrected chi connectivity index (χ2v) is 8.32. The van der Waals surface area contributed by atoms with Crippen molar-refractivity contribution < 1.29 is 9.53 Å². The Balaban J connectivity index is 2.05. The number of rotatable bonds is 0. The number of Topliss-reactive ketones (excluding diaryl/α,β-unsaturated/α-hetero) is 1. The summed E-state index contributed by atoms with van der Waals surface area (Å²) >= 11 is 0. The fourth-order valence-corrected chi connectivity index (χ4v) is 5.73. The summed E-state index contributed by atoms with van der Waals surface area (Å²) in [6.07, 6.45) is 5.47. The Morgan fingerprint density at radius 2 is 1.79 bits per heavy atom. The van der Waals surface area contributed by atoms with Crippen LogP contribution in [0.5, 0.6) is 0 Å². The summed E-state index contributed by atoms with van der Waals surface area (Å²) < 4.78 is 6.23. The Morgan fingerprint density at radius 1 is 1.11 bits per heavy atom. The van der Waals surface area contributed by atoms with Crippen molar-refractivity contribution in [1.82, 2.24) is 0 Å². The molecule has 0 amide bonds. The molecule has 1 heterocycles. The van der Waals surface area contributed by atoms with Gasteiger partial charge in [-0.2, -0.15) is 0 Å². The van der Waals surface area contributed by atoms with E-state index in [0.717, 1.165) is 32.1 Å². The molecule has 0 radical (unpaired) electrons. The van der Waals surface area contributed by atoms with Crippen LogP contribution in [0.4, 0.5) is 0 Å². The molecule has 1 aliphatic heterocycles. The first-order valence-corrected chi connectivity index (χ1v) is 7.91. The van der Waals surface area contributed by atoms with E-state index in [4.69, 9.17) is 4.74 Å². The maximum atomic E-state index is 12.8. The standard InChI is InChI=1S/C17H28O2/c1-11-10-13-16(4,19-11)9-6-12-15(2,3)8-7-14(18)17(12,13)5/h11-13H,6-10H2,1-5H3/t11?,12-,13-,16+,17-/m0/s1. The van der Waals surface area contributed by atoms with Crippen LogP contribution in [-0.4, -0.2) is 17.5 Å². The third kappa shape index (κ3) is 1.68. The summed E-state index contributed by atoms with van der Waals surface area (Å²) in [5, 5.41) is 0. The SMILES string of the molecule is CC1C[C@@H]2[C@@]3(C)C(=O)CCC(C)(C)[C@@H]3CC[C@@]2(C)O1. The van der Waals surface area contributed by atoms with Crippen molar-refractivity contribution >= 4 is 5.78 Å². The van der Waals surface area contributed by atoms with Gasteiger partial charge in [0, 0.05) is 17.8 Å². The summed E-state index contributed by atoms with van der Waals surface area (Å²) in [4.78, 5) is 12.8. The number of carbonyl (C=O) groups excluding carboxylic acids is 1. The minimum Gasteiger partial charge on any atom is -0.372 e. The Labute approximate surface area is 117 Å². The molecule has 3 aliphatic rings. The molecule has 0 aromatic rings. The van der Waals surface area contributed by atoms with E-state index in [2.05, 4.69) is 34.6 Å². The normalized spacial score (nSPS) is 52.7. The third-order valence-electron chi connectivity index (χ3n) is 6.69. The van der Waals surface area contributed by atoms with Gasteiger partial charge in [-0.25, -0.2) is 0 Å². The first-order chi connectivity index (χ1) is 8.70. The first-order valence-electron chi connectivity index (χ1n) is 7.91. The van der Waals surface area contributed by atoms with Gasteiger partial charge in [0.25, 0.3) is 0 Å². The van der Waals surface area contributed by atoms with E-state index in [1.54, 1.807) is 0 Å². The molecule has 2 aliphatic carbocycles. The number of carbonyl (C=O) groups is 1. The van der Waals surface area contributed by atoms with Crippen LogP contribution in [0.3, 0.4) is 0 Å². The van der Waals surface area contributed by atoms with Crippen LogP contribution < -0.4 is 0 Å². The zero-order valence-electron chi connectivity index (χ0n) is 13.1. The van der Waals surface area contributed by atoms with Crippen molar-refractivity contribution in [3.63, 3.8) is 0 Å². The fraction of sp³-hybridized carbons (Fsp3) is 0.941. The van der Waals surface area contributed by atoms with Crippen molar-refractivity contribution in [2.75, 3.05) is 0 Å². The van der Waals surface area contributed by atoms with Crippen molar-refractivity contribution in [1.29, 1.82) is 0 Å². The molecule has 19 heavy (non-hydrogen) atoms. The lowest BCUT2D eigenvalue weighted by molar-refractivity contribution is -0.172. The zero-order chi connectivity index (χ0) is 14.1. The monoisotopic (exact) mass is 264 g/mol. The highest BCUT2D eigenvalue weighted by molar-refractivity contribution is 5.86. The van der Waals surface area contributed by atoms with Gasteiger partial charge in [-0.3, -0.25) is 4.79 Å². The average molecular weight is 264 g/mol. The van der Waals surface area contributed by atoms with Gasteiger partial charge in [-0.1, -0.05) is 20.8 Å². The molecule has 1 unspecified atom stereocenters. The second-order valence-electron chi connectivity index (χ2n) is 8.32. The predicted octanol–water partition coefficient (Wildman–Crippen LogP) is 3.98. The Kier molecular flexibility index (Phi) is 2.75. The van der Waals surface area contributed by atoms with Gasteiger partial charge in [0.05, 0.1) is 11.7 Å². The molecule has 3 fully saturated rings. The molecule has 2 heteroatoms. The molecular weight excluding hydrogens is 236 g/mol. The molecule has 3 rings (SSSR count). The second kappa shape index (κ2) is 3.84. The molecule has 108 valence electrons. The molecule has 0 spiro atoms. The summed E-state index contributed by atoms with van der Waals surface area (Å²) in [5.74, 6) is 1.46. The van der Waals surface area contributed by atoms with Crippen LogP contribution in [0.25, 0.3) is 0 Å². The third-order valence-corrected chi connectivity index (χ3v) is 6.69. The van der Waals surface area contributed by atoms with Crippen molar-refractivity contribution in [3.8, 4) is 0 Å². The lowest BCUT2D eigenvalue weighted by atomic mass is 9.45. The van der Waals surface area contributed by atoms with Crippen molar-refractivity contribution in [3.05, 3.63) is 0 Å². The average Bonchev–Trinajstić information content (AvgIpc) is 2.60. The smallest absolute Gasteiger partial charge is 0.139 e. The number of ether oxygens (including phenoxy) is 1. The number of hydrogen-bond donors (Lipinski definition) is 0. The van der Waals surface area contributed by atoms with Gasteiger partial charge in [-0.05, 0) is 50.9 Å². The molecule has 2 nitrogen and oxygen atoms in total. The van der Waals surface area contributed by atoms with Crippen LogP contribution in [-0.2, 0) is 9.53 Å². The van der Waals surface area contributed by atoms with Gasteiger partial charge in [0.1, 0.15) is 5.78 Å². The fourth-order valence-electron chi connectivity index (χ4n) is 5.73. The highest BCUT2D eigenvalue weighted by Crippen LogP contribution is 2.64. The van der Waals surface area contributed by atoms with Crippen LogP contribution in [0.15, 0.2) is 0 Å². The zero-order valence-corrected chi connectivity index (χ0v) is 13.1. The minimum atomic E-state index is -0.153. The molecule has 0 aromatic heterocycles. The lowest BCUT2D eigenvalue weighted by Crippen LogP contribution is -2.59. The van der Waals surface area contributed by atoms with E-state index in [1.165, 1.54) is 0 Å². The van der Waals surface area contributed by atoms with E-state index in [1.807, 2.05) is 0 Å². The molecular formula is C17H28O2. The molecule has 0 aromatic carbocycles. The van der Waals surface area contributed by atoms with Crippen molar-refractivity contribution in [2.24, 2.45) is 22.7 Å². The topological polar surface area (TPSA) is 26.3 Å². The van der Waals surface area contributed by atoms with Gasteiger partial charge in [0.15, 0.2) is 0 Å². The molecule has 5 atom stereocenters. The maximum absolute atomic E-state index is 12.8. The molecule has 0 N–H and O–H groups in total. The predicted molar refractivity (Wildman–Crippen MR) is 75.9 cm³/mol. The molecule has 1 saturated heterocycles. The van der Waals surface area contributed by atoms with E-state index in [9.17, 15) is 4.79 Å². The van der Waals surface area contributed by atoms with Crippen LogP contribution >= 0.6 is 0 Å². The Bertz CT molecular complexity index is 413. The maximum Gasteiger partial charge on any atom is 0.139 e. The Morgan fingerprint density at radius 3 is 2.47 bits per heavy atom. The van der Waals surface area contributed by atoms with Gasteiger partial charge in [-0.15, -0.1) is 0 Å². The Hall–Kier alpha value is -0.370. The van der Waals surface area contributed by atoms with Gasteiger partial charge >= 0.3 is 0 Å². The molecule has 2 saturated carbocycles. The minimum absolute atomic E-state index is 0.0618. The quantitative estimate of drug-likeness (QED) is 0.661. The number of ketones is 1. The summed E-state index contributed by atoms with van der Waals surface area (Å²) in [6.45, 7) is 11.4. The lowest BCUT2D eigenvalue weighted by Gasteiger charge is -2.58. The van der Waals surface area contributed by atoms with Crippen LogP contribution in [0.2, 0.25) is 0 Å². The van der Waals surface area contributed by atoms with E-state index in [0.29, 0.717) is 29.1 Å². The molecule has 0 bridgehead atoms. The summed E-state index contributed by atoms with van der Waals surface area (Å²) in [7, 11) is 0. The van der Waals surface area contributed by atoms with Crippen LogP contribution in [0.1, 0.15) is 66.7 Å². The summed E-state index contributed by atoms with van der Waals surface area (Å²) in [5.41, 5.74) is 0.0864. The van der Waals surface area contributed by atoms with E-state index >= 15 is 0 Å². The number of hydrogen-bond acceptors (Lipinski definition) is 2. The summed E-state index contributed by atoms with van der Waals surface area (Å²) in [6, 6.07) is 0. The highest BCUT2D eigenvalue weighted by atomic mass is 16.5. The highest BCUT2D eigenvalue weighted by Gasteiger charge is 2.64. The first kappa shape index (κ1) is 13.6. The van der Waals surface area contributed by atoms with Gasteiger partial charge in [0.2, 0.25) is 0 Å². The van der Waals surface area contributed by atoms with Crippen LogP contribution in [0, 0.1) is 22.7 Å². The number of fused-ring (bicyclic) bond motifs is 3. The van der Waals surface area contributed by atoms with Gasteiger partial charge < -0.3 is 4.74 Å². The van der Waals surface area contributed by atoms with E-state index in [-0.39, 0.29) is 11.0 Å². The largest absolute Gasteiger partial charge is 0.372 e. The van der Waals surface area contributed by atoms with E-state index < -0.39 is 0 Å². The van der Waals surface area contributed by atoms with Crippen molar-refractivity contribution in [2.45, 2.75) is 78.4 Å².